The van der Waals surface area contributed by atoms with Gasteiger partial charge in [0.1, 0.15) is 0 Å². The Bertz CT molecular complexity index is 385. The fraction of sp³-hybridized carbons (Fsp3) is 0.625. The van der Waals surface area contributed by atoms with Crippen LogP contribution < -0.4 is 9.44 Å². The van der Waals surface area contributed by atoms with E-state index < -0.39 is 10.2 Å². The minimum absolute atomic E-state index is 0.126. The van der Waals surface area contributed by atoms with Crippen molar-refractivity contribution in [2.24, 2.45) is 0 Å². The van der Waals surface area contributed by atoms with Crippen LogP contribution in [0.1, 0.15) is 32.4 Å². The molecule has 0 spiro atoms. The molecule has 1 aromatic heterocycles. The average Bonchev–Trinajstić information content (AvgIpc) is 2.50. The highest BCUT2D eigenvalue weighted by molar-refractivity contribution is 7.87. The normalized spacial score (nSPS) is 14.4. The molecule has 1 aromatic rings. The summed E-state index contributed by atoms with van der Waals surface area (Å²) in [7, 11) is -3.45. The number of nitrogens with one attached hydrogen (secondary N) is 3. The summed E-state index contributed by atoms with van der Waals surface area (Å²) in [5.41, 5.74) is 0.795. The highest BCUT2D eigenvalue weighted by atomic mass is 32.2. The van der Waals surface area contributed by atoms with Crippen molar-refractivity contribution < 1.29 is 8.42 Å². The zero-order valence-electron chi connectivity index (χ0n) is 8.98. The molecule has 0 aliphatic heterocycles. The first-order valence-electron chi connectivity index (χ1n) is 4.69. The van der Waals surface area contributed by atoms with Crippen LogP contribution in [-0.2, 0) is 10.2 Å². The van der Waals surface area contributed by atoms with Crippen molar-refractivity contribution in [3.8, 4) is 0 Å². The van der Waals surface area contributed by atoms with Crippen molar-refractivity contribution in [3.05, 3.63) is 18.0 Å². The van der Waals surface area contributed by atoms with E-state index in [0.29, 0.717) is 0 Å². The number of rotatable bonds is 5. The van der Waals surface area contributed by atoms with Gasteiger partial charge in [-0.05, 0) is 20.8 Å². The van der Waals surface area contributed by atoms with Gasteiger partial charge in [-0.25, -0.2) is 0 Å². The standard InChI is InChI=1S/C8H16N4O2S/c1-6(2)11-15(13,14)12-7(3)8-4-9-10-5-8/h4-7,11-12H,1-3H3,(H,9,10). The van der Waals surface area contributed by atoms with E-state index in [1.807, 2.05) is 0 Å². The molecule has 0 aliphatic rings. The van der Waals surface area contributed by atoms with Gasteiger partial charge in [0.2, 0.25) is 0 Å². The van der Waals surface area contributed by atoms with E-state index in [-0.39, 0.29) is 12.1 Å². The van der Waals surface area contributed by atoms with E-state index >= 15 is 0 Å². The molecule has 1 heterocycles. The third-order valence-corrected chi connectivity index (χ3v) is 3.19. The predicted octanol–water partition coefficient (Wildman–Crippen LogP) is 0.303. The molecule has 0 aliphatic carbocycles. The number of aromatic amines is 1. The zero-order chi connectivity index (χ0) is 11.5. The zero-order valence-corrected chi connectivity index (χ0v) is 9.80. The average molecular weight is 232 g/mol. The molecule has 0 bridgehead atoms. The monoisotopic (exact) mass is 232 g/mol. The lowest BCUT2D eigenvalue weighted by molar-refractivity contribution is 0.542. The topological polar surface area (TPSA) is 86.9 Å². The predicted molar refractivity (Wildman–Crippen MR) is 57.3 cm³/mol. The number of H-pyrrole nitrogens is 1. The molecule has 7 heteroatoms. The van der Waals surface area contributed by atoms with Gasteiger partial charge in [0.15, 0.2) is 0 Å². The summed E-state index contributed by atoms with van der Waals surface area (Å²) in [5.74, 6) is 0. The molecule has 1 rings (SSSR count). The van der Waals surface area contributed by atoms with E-state index in [1.165, 1.54) is 0 Å². The van der Waals surface area contributed by atoms with Crippen LogP contribution in [0.5, 0.6) is 0 Å². The van der Waals surface area contributed by atoms with Crippen molar-refractivity contribution in [1.29, 1.82) is 0 Å². The van der Waals surface area contributed by atoms with Crippen molar-refractivity contribution in [2.75, 3.05) is 0 Å². The Morgan fingerprint density at radius 2 is 2.00 bits per heavy atom. The van der Waals surface area contributed by atoms with Gasteiger partial charge in [-0.3, -0.25) is 5.10 Å². The Kier molecular flexibility index (Phi) is 3.83. The van der Waals surface area contributed by atoms with E-state index in [9.17, 15) is 8.42 Å². The van der Waals surface area contributed by atoms with Crippen molar-refractivity contribution in [3.63, 3.8) is 0 Å². The molecule has 0 saturated carbocycles. The molecule has 86 valence electrons. The summed E-state index contributed by atoms with van der Waals surface area (Å²) >= 11 is 0. The fourth-order valence-corrected chi connectivity index (χ4v) is 2.43. The van der Waals surface area contributed by atoms with Gasteiger partial charge in [0.25, 0.3) is 10.2 Å². The molecule has 3 N–H and O–H groups in total. The Labute approximate surface area is 89.6 Å². The Morgan fingerprint density at radius 1 is 1.33 bits per heavy atom. The van der Waals surface area contributed by atoms with Gasteiger partial charge in [-0.2, -0.15) is 23.0 Å². The number of hydrogen-bond donors (Lipinski definition) is 3. The molecular weight excluding hydrogens is 216 g/mol. The third kappa shape index (κ3) is 3.98. The Balaban J connectivity index is 2.62. The van der Waals surface area contributed by atoms with Gasteiger partial charge < -0.3 is 0 Å². The quantitative estimate of drug-likeness (QED) is 0.682. The van der Waals surface area contributed by atoms with Crippen LogP contribution in [0.15, 0.2) is 12.4 Å². The molecule has 0 radical (unpaired) electrons. The Hall–Kier alpha value is -0.920. The molecule has 0 aromatic carbocycles. The number of aromatic nitrogens is 2. The van der Waals surface area contributed by atoms with Crippen molar-refractivity contribution >= 4 is 10.2 Å². The maximum atomic E-state index is 11.5. The molecule has 0 fully saturated rings. The second kappa shape index (κ2) is 4.73. The number of nitrogens with zero attached hydrogens (tertiary/aromatic N) is 1. The van der Waals surface area contributed by atoms with Crippen LogP contribution in [0, 0.1) is 0 Å². The fourth-order valence-electron chi connectivity index (χ4n) is 1.14. The van der Waals surface area contributed by atoms with E-state index in [0.717, 1.165) is 5.56 Å². The molecule has 6 nitrogen and oxygen atoms in total. The van der Waals surface area contributed by atoms with Crippen LogP contribution in [0.4, 0.5) is 0 Å². The van der Waals surface area contributed by atoms with Gasteiger partial charge in [0, 0.05) is 23.8 Å². The second-order valence-electron chi connectivity index (χ2n) is 3.65. The second-order valence-corrected chi connectivity index (χ2v) is 5.13. The SMILES string of the molecule is CC(C)NS(=O)(=O)NC(C)c1cn[nH]c1. The first kappa shape index (κ1) is 12.2. The maximum Gasteiger partial charge on any atom is 0.277 e. The first-order valence-corrected chi connectivity index (χ1v) is 6.17. The Morgan fingerprint density at radius 3 is 2.47 bits per heavy atom. The summed E-state index contributed by atoms with van der Waals surface area (Å²) in [4.78, 5) is 0. The highest BCUT2D eigenvalue weighted by Crippen LogP contribution is 2.09. The summed E-state index contributed by atoms with van der Waals surface area (Å²) in [6.07, 6.45) is 3.24. The van der Waals surface area contributed by atoms with Crippen LogP contribution in [0.2, 0.25) is 0 Å². The van der Waals surface area contributed by atoms with Gasteiger partial charge in [-0.15, -0.1) is 0 Å². The lowest BCUT2D eigenvalue weighted by atomic mass is 10.2. The minimum Gasteiger partial charge on any atom is -0.285 e. The molecule has 0 amide bonds. The van der Waals surface area contributed by atoms with Crippen LogP contribution in [0.25, 0.3) is 0 Å². The summed E-state index contributed by atoms with van der Waals surface area (Å²) in [6.45, 7) is 5.29. The molecule has 1 atom stereocenters. The van der Waals surface area contributed by atoms with Gasteiger partial charge >= 0.3 is 0 Å². The lowest BCUT2D eigenvalue weighted by Crippen LogP contribution is -2.41. The third-order valence-electron chi connectivity index (χ3n) is 1.74. The van der Waals surface area contributed by atoms with Crippen LogP contribution in [0.3, 0.4) is 0 Å². The van der Waals surface area contributed by atoms with Crippen LogP contribution >= 0.6 is 0 Å². The largest absolute Gasteiger partial charge is 0.285 e. The number of hydrogen-bond acceptors (Lipinski definition) is 3. The van der Waals surface area contributed by atoms with E-state index in [1.54, 1.807) is 33.2 Å². The van der Waals surface area contributed by atoms with Crippen molar-refractivity contribution in [1.82, 2.24) is 19.6 Å². The molecular formula is C8H16N4O2S. The van der Waals surface area contributed by atoms with Gasteiger partial charge in [-0.1, -0.05) is 0 Å². The smallest absolute Gasteiger partial charge is 0.277 e. The summed E-state index contributed by atoms with van der Waals surface area (Å²) in [6, 6.07) is -0.431. The van der Waals surface area contributed by atoms with Crippen molar-refractivity contribution in [2.45, 2.75) is 32.9 Å². The molecule has 0 saturated heterocycles. The molecule has 15 heavy (non-hydrogen) atoms. The highest BCUT2D eigenvalue weighted by Gasteiger charge is 2.16. The first-order chi connectivity index (χ1) is 6.91. The van der Waals surface area contributed by atoms with E-state index in [2.05, 4.69) is 19.6 Å². The van der Waals surface area contributed by atoms with E-state index in [4.69, 9.17) is 0 Å². The summed E-state index contributed by atoms with van der Waals surface area (Å²) in [5, 5.41) is 6.39. The minimum atomic E-state index is -3.45. The van der Waals surface area contributed by atoms with Crippen LogP contribution in [-0.4, -0.2) is 24.7 Å². The summed E-state index contributed by atoms with van der Waals surface area (Å²) < 4.78 is 27.9. The lowest BCUT2D eigenvalue weighted by Gasteiger charge is -2.14. The van der Waals surface area contributed by atoms with Gasteiger partial charge in [0.05, 0.1) is 6.20 Å². The maximum absolute atomic E-state index is 11.5. The molecule has 1 unspecified atom stereocenters.